The Hall–Kier alpha value is -0.890. The lowest BCUT2D eigenvalue weighted by Crippen LogP contribution is -2.43. The highest BCUT2D eigenvalue weighted by atomic mass is 32.2. The Morgan fingerprint density at radius 3 is 2.57 bits per heavy atom. The largest absolute Gasteiger partial charge is 0.447 e. The quantitative estimate of drug-likeness (QED) is 0.641. The third-order valence-electron chi connectivity index (χ3n) is 2.90. The number of furan rings is 1. The second kappa shape index (κ2) is 7.40. The molecule has 0 unspecified atom stereocenters. The second-order valence-corrected chi connectivity index (χ2v) is 7.82. The van der Waals surface area contributed by atoms with Crippen LogP contribution in [0, 0.1) is 5.92 Å². The van der Waals surface area contributed by atoms with Crippen LogP contribution in [0.5, 0.6) is 0 Å². The average Bonchev–Trinajstić information content (AvgIpc) is 2.76. The fourth-order valence-corrected chi connectivity index (χ4v) is 3.22. The van der Waals surface area contributed by atoms with Gasteiger partial charge in [-0.1, -0.05) is 13.8 Å². The number of aliphatic hydroxyl groups excluding tert-OH is 1. The molecule has 0 saturated heterocycles. The molecule has 0 amide bonds. The molecule has 6 nitrogen and oxygen atoms in total. The minimum absolute atomic E-state index is 0.0853. The summed E-state index contributed by atoms with van der Waals surface area (Å²) < 4.78 is 32.3. The Bertz CT molecular complexity index is 535. The van der Waals surface area contributed by atoms with Gasteiger partial charge in [0.05, 0.1) is 6.54 Å². The van der Waals surface area contributed by atoms with E-state index in [0.717, 1.165) is 6.54 Å². The maximum Gasteiger partial charge on any atom is 0.274 e. The lowest BCUT2D eigenvalue weighted by Gasteiger charge is -2.24. The summed E-state index contributed by atoms with van der Waals surface area (Å²) in [6.07, 6.45) is 0.329. The molecule has 0 radical (unpaired) electrons. The summed E-state index contributed by atoms with van der Waals surface area (Å²) >= 11 is 0. The molecule has 122 valence electrons. The molecule has 1 aromatic heterocycles. The molecule has 0 aliphatic carbocycles. The highest BCUT2D eigenvalue weighted by Crippen LogP contribution is 2.18. The normalized spacial score (nSPS) is 13.0. The highest BCUT2D eigenvalue weighted by molar-refractivity contribution is 7.89. The lowest BCUT2D eigenvalue weighted by molar-refractivity contribution is 0.245. The minimum atomic E-state index is -3.72. The van der Waals surface area contributed by atoms with Crippen LogP contribution in [0.25, 0.3) is 0 Å². The van der Waals surface area contributed by atoms with Crippen molar-refractivity contribution in [3.8, 4) is 0 Å². The van der Waals surface area contributed by atoms with Crippen molar-refractivity contribution < 1.29 is 17.9 Å². The zero-order chi connectivity index (χ0) is 16.1. The van der Waals surface area contributed by atoms with Crippen molar-refractivity contribution in [3.05, 3.63) is 17.9 Å². The third kappa shape index (κ3) is 6.17. The molecule has 0 aliphatic rings. The Labute approximate surface area is 127 Å². The van der Waals surface area contributed by atoms with Gasteiger partial charge in [-0.25, -0.2) is 13.1 Å². The van der Waals surface area contributed by atoms with Gasteiger partial charge < -0.3 is 14.8 Å². The van der Waals surface area contributed by atoms with Crippen molar-refractivity contribution in [2.75, 3.05) is 13.2 Å². The van der Waals surface area contributed by atoms with Gasteiger partial charge in [0.1, 0.15) is 5.76 Å². The maximum absolute atomic E-state index is 12.2. The Balaban J connectivity index is 2.70. The molecule has 7 heteroatoms. The number of rotatable bonds is 9. The fourth-order valence-electron chi connectivity index (χ4n) is 1.83. The molecule has 1 aromatic rings. The number of sulfonamides is 1. The second-order valence-electron chi connectivity index (χ2n) is 6.21. The van der Waals surface area contributed by atoms with Crippen LogP contribution in [-0.4, -0.2) is 32.2 Å². The lowest BCUT2D eigenvalue weighted by atomic mass is 10.0. The van der Waals surface area contributed by atoms with E-state index in [1.807, 2.05) is 0 Å². The first-order valence-electron chi connectivity index (χ1n) is 7.10. The Kier molecular flexibility index (Phi) is 6.40. The van der Waals surface area contributed by atoms with Gasteiger partial charge >= 0.3 is 0 Å². The Morgan fingerprint density at radius 1 is 1.33 bits per heavy atom. The van der Waals surface area contributed by atoms with Crippen LogP contribution < -0.4 is 10.0 Å². The van der Waals surface area contributed by atoms with E-state index in [1.165, 1.54) is 6.07 Å². The minimum Gasteiger partial charge on any atom is -0.447 e. The molecule has 0 saturated carbocycles. The van der Waals surface area contributed by atoms with Crippen molar-refractivity contribution in [3.63, 3.8) is 0 Å². The van der Waals surface area contributed by atoms with Gasteiger partial charge in [0, 0.05) is 12.1 Å². The van der Waals surface area contributed by atoms with E-state index >= 15 is 0 Å². The van der Waals surface area contributed by atoms with Crippen molar-refractivity contribution in [2.24, 2.45) is 5.92 Å². The van der Waals surface area contributed by atoms with E-state index in [-0.39, 0.29) is 11.7 Å². The Morgan fingerprint density at radius 2 is 2.00 bits per heavy atom. The standard InChI is InChI=1S/C14H26N2O4S/c1-11(2)9-15-10-12-5-6-13(20-12)21(18,19)16-14(3,4)7-8-17/h5-6,11,15-17H,7-10H2,1-4H3. The fraction of sp³-hybridized carbons (Fsp3) is 0.714. The van der Waals surface area contributed by atoms with Gasteiger partial charge in [0.25, 0.3) is 10.0 Å². The summed E-state index contributed by atoms with van der Waals surface area (Å²) in [6.45, 7) is 8.87. The van der Waals surface area contributed by atoms with Crippen LogP contribution in [0.1, 0.15) is 39.9 Å². The average molecular weight is 318 g/mol. The summed E-state index contributed by atoms with van der Waals surface area (Å²) in [6, 6.07) is 3.10. The van der Waals surface area contributed by atoms with Crippen molar-refractivity contribution in [1.82, 2.24) is 10.0 Å². The topological polar surface area (TPSA) is 91.6 Å². The van der Waals surface area contributed by atoms with Crippen molar-refractivity contribution >= 4 is 10.0 Å². The number of hydrogen-bond acceptors (Lipinski definition) is 5. The summed E-state index contributed by atoms with van der Waals surface area (Å²) in [5.74, 6) is 1.10. The number of aliphatic hydroxyl groups is 1. The zero-order valence-electron chi connectivity index (χ0n) is 13.1. The number of nitrogens with one attached hydrogen (secondary N) is 2. The summed E-state index contributed by atoms with van der Waals surface area (Å²) in [5.41, 5.74) is -0.726. The predicted octanol–water partition coefficient (Wildman–Crippen LogP) is 1.46. The molecule has 0 bridgehead atoms. The van der Waals surface area contributed by atoms with E-state index in [0.29, 0.717) is 24.6 Å². The van der Waals surface area contributed by atoms with Crippen LogP contribution in [0.2, 0.25) is 0 Å². The molecule has 3 N–H and O–H groups in total. The molecular formula is C14H26N2O4S. The van der Waals surface area contributed by atoms with E-state index in [9.17, 15) is 8.42 Å². The van der Waals surface area contributed by atoms with Gasteiger partial charge in [0.2, 0.25) is 5.09 Å². The molecule has 0 aromatic carbocycles. The first-order valence-corrected chi connectivity index (χ1v) is 8.59. The molecule has 0 atom stereocenters. The molecule has 0 spiro atoms. The van der Waals surface area contributed by atoms with Crippen molar-refractivity contribution in [2.45, 2.75) is 51.3 Å². The van der Waals surface area contributed by atoms with Crippen molar-refractivity contribution in [1.29, 1.82) is 0 Å². The van der Waals surface area contributed by atoms with E-state index < -0.39 is 15.6 Å². The summed E-state index contributed by atoms with van der Waals surface area (Å²) in [4.78, 5) is 0. The van der Waals surface area contributed by atoms with E-state index in [2.05, 4.69) is 23.9 Å². The molecule has 1 rings (SSSR count). The van der Waals surface area contributed by atoms with Crippen LogP contribution >= 0.6 is 0 Å². The molecular weight excluding hydrogens is 292 g/mol. The van der Waals surface area contributed by atoms with E-state index in [1.54, 1.807) is 19.9 Å². The number of hydrogen-bond donors (Lipinski definition) is 3. The van der Waals surface area contributed by atoms with Crippen LogP contribution in [0.15, 0.2) is 21.6 Å². The molecule has 1 heterocycles. The third-order valence-corrected chi connectivity index (χ3v) is 4.47. The van der Waals surface area contributed by atoms with Gasteiger partial charge in [0.15, 0.2) is 0 Å². The molecule has 0 aliphatic heterocycles. The molecule has 21 heavy (non-hydrogen) atoms. The van der Waals surface area contributed by atoms with Gasteiger partial charge in [-0.05, 0) is 44.9 Å². The van der Waals surface area contributed by atoms with Crippen LogP contribution in [0.4, 0.5) is 0 Å². The van der Waals surface area contributed by atoms with Crippen LogP contribution in [0.3, 0.4) is 0 Å². The first kappa shape index (κ1) is 18.2. The van der Waals surface area contributed by atoms with Gasteiger partial charge in [-0.15, -0.1) is 0 Å². The van der Waals surface area contributed by atoms with E-state index in [4.69, 9.17) is 9.52 Å². The zero-order valence-corrected chi connectivity index (χ0v) is 14.0. The maximum atomic E-state index is 12.2. The monoisotopic (exact) mass is 318 g/mol. The highest BCUT2D eigenvalue weighted by Gasteiger charge is 2.28. The predicted molar refractivity (Wildman–Crippen MR) is 81.4 cm³/mol. The first-order chi connectivity index (χ1) is 9.66. The smallest absolute Gasteiger partial charge is 0.274 e. The van der Waals surface area contributed by atoms with Gasteiger partial charge in [-0.3, -0.25) is 0 Å². The molecule has 0 fully saturated rings. The SMILES string of the molecule is CC(C)CNCc1ccc(S(=O)(=O)NC(C)(C)CCO)o1. The van der Waals surface area contributed by atoms with Gasteiger partial charge in [-0.2, -0.15) is 0 Å². The summed E-state index contributed by atoms with van der Waals surface area (Å²) in [7, 11) is -3.72. The summed E-state index contributed by atoms with van der Waals surface area (Å²) in [5, 5.41) is 12.0. The van der Waals surface area contributed by atoms with Crippen LogP contribution in [-0.2, 0) is 16.6 Å².